The molecule has 0 aliphatic heterocycles. The standard InChI is InChI=1S/C14H15BrN4S/c15-14-6-5-11(20-14)7-10(18-16)8-19-9-17-12-3-1-2-4-13(12)19/h1-6,9-10,18H,7-8,16H2. The Labute approximate surface area is 129 Å². The van der Waals surface area contributed by atoms with E-state index in [9.17, 15) is 0 Å². The number of fused-ring (bicyclic) bond motifs is 1. The molecular weight excluding hydrogens is 336 g/mol. The summed E-state index contributed by atoms with van der Waals surface area (Å²) in [5.74, 6) is 5.70. The lowest BCUT2D eigenvalue weighted by Gasteiger charge is -2.16. The van der Waals surface area contributed by atoms with Crippen molar-refractivity contribution in [3.8, 4) is 0 Å². The molecule has 6 heteroatoms. The lowest BCUT2D eigenvalue weighted by molar-refractivity contribution is 0.463. The average molecular weight is 351 g/mol. The summed E-state index contributed by atoms with van der Waals surface area (Å²) >= 11 is 5.23. The fourth-order valence-corrected chi connectivity index (χ4v) is 3.84. The molecule has 0 aliphatic rings. The van der Waals surface area contributed by atoms with Gasteiger partial charge in [0.1, 0.15) is 0 Å². The Bertz CT molecular complexity index is 706. The molecule has 0 spiro atoms. The van der Waals surface area contributed by atoms with Crippen molar-refractivity contribution in [3.05, 3.63) is 51.4 Å². The maximum atomic E-state index is 5.70. The van der Waals surface area contributed by atoms with Crippen LogP contribution in [0.5, 0.6) is 0 Å². The Morgan fingerprint density at radius 1 is 1.30 bits per heavy atom. The predicted molar refractivity (Wildman–Crippen MR) is 86.6 cm³/mol. The van der Waals surface area contributed by atoms with Gasteiger partial charge in [-0.2, -0.15) is 0 Å². The molecule has 104 valence electrons. The van der Waals surface area contributed by atoms with E-state index < -0.39 is 0 Å². The number of para-hydroxylation sites is 2. The third kappa shape index (κ3) is 2.93. The van der Waals surface area contributed by atoms with E-state index in [4.69, 9.17) is 5.84 Å². The van der Waals surface area contributed by atoms with Gasteiger partial charge in [-0.25, -0.2) is 4.98 Å². The second-order valence-electron chi connectivity index (χ2n) is 4.66. The first-order valence-corrected chi connectivity index (χ1v) is 7.97. The molecule has 3 aromatic rings. The SMILES string of the molecule is NNC(Cc1ccc(Br)s1)Cn1cnc2ccccc21. The number of halogens is 1. The van der Waals surface area contributed by atoms with Crippen molar-refractivity contribution in [2.24, 2.45) is 5.84 Å². The Kier molecular flexibility index (Phi) is 4.16. The molecule has 0 saturated carbocycles. The number of nitrogens with one attached hydrogen (secondary N) is 1. The number of hydrogen-bond acceptors (Lipinski definition) is 4. The zero-order valence-electron chi connectivity index (χ0n) is 10.8. The number of nitrogens with two attached hydrogens (primary N) is 1. The average Bonchev–Trinajstić information content (AvgIpc) is 3.05. The Balaban J connectivity index is 1.77. The van der Waals surface area contributed by atoms with Crippen molar-refractivity contribution in [1.29, 1.82) is 0 Å². The monoisotopic (exact) mass is 350 g/mol. The third-order valence-electron chi connectivity index (χ3n) is 3.26. The van der Waals surface area contributed by atoms with Crippen LogP contribution in [0.15, 0.2) is 46.5 Å². The van der Waals surface area contributed by atoms with E-state index in [0.717, 1.165) is 27.8 Å². The van der Waals surface area contributed by atoms with Crippen LogP contribution in [0.3, 0.4) is 0 Å². The largest absolute Gasteiger partial charge is 0.329 e. The summed E-state index contributed by atoms with van der Waals surface area (Å²) in [6.45, 7) is 0.798. The minimum Gasteiger partial charge on any atom is -0.329 e. The van der Waals surface area contributed by atoms with E-state index in [-0.39, 0.29) is 6.04 Å². The molecule has 0 bridgehead atoms. The highest BCUT2D eigenvalue weighted by Crippen LogP contribution is 2.23. The zero-order valence-corrected chi connectivity index (χ0v) is 13.2. The number of thiophene rings is 1. The number of hydrazine groups is 1. The molecular formula is C14H15BrN4S. The van der Waals surface area contributed by atoms with Crippen LogP contribution in [-0.2, 0) is 13.0 Å². The second-order valence-corrected chi connectivity index (χ2v) is 7.21. The fourth-order valence-electron chi connectivity index (χ4n) is 2.27. The van der Waals surface area contributed by atoms with Gasteiger partial charge in [0.2, 0.25) is 0 Å². The van der Waals surface area contributed by atoms with E-state index in [2.05, 4.69) is 49.1 Å². The van der Waals surface area contributed by atoms with Gasteiger partial charge in [-0.05, 0) is 40.2 Å². The van der Waals surface area contributed by atoms with Crippen LogP contribution in [0.4, 0.5) is 0 Å². The van der Waals surface area contributed by atoms with Crippen LogP contribution in [0, 0.1) is 0 Å². The number of imidazole rings is 1. The molecule has 3 rings (SSSR count). The smallest absolute Gasteiger partial charge is 0.0958 e. The van der Waals surface area contributed by atoms with Gasteiger partial charge in [0.25, 0.3) is 0 Å². The highest BCUT2D eigenvalue weighted by atomic mass is 79.9. The molecule has 1 unspecified atom stereocenters. The quantitative estimate of drug-likeness (QED) is 0.549. The summed E-state index contributed by atoms with van der Waals surface area (Å²) in [5.41, 5.74) is 5.06. The van der Waals surface area contributed by atoms with Gasteiger partial charge < -0.3 is 4.57 Å². The maximum absolute atomic E-state index is 5.70. The number of nitrogens with zero attached hydrogens (tertiary/aromatic N) is 2. The second kappa shape index (κ2) is 6.05. The number of hydrogen-bond donors (Lipinski definition) is 2. The molecule has 20 heavy (non-hydrogen) atoms. The molecule has 4 nitrogen and oxygen atoms in total. The molecule has 0 aliphatic carbocycles. The highest BCUT2D eigenvalue weighted by Gasteiger charge is 2.12. The molecule has 3 N–H and O–H groups in total. The van der Waals surface area contributed by atoms with Crippen LogP contribution in [0.25, 0.3) is 11.0 Å². The van der Waals surface area contributed by atoms with Crippen molar-refractivity contribution in [1.82, 2.24) is 15.0 Å². The number of aromatic nitrogens is 2. The molecule has 2 aromatic heterocycles. The van der Waals surface area contributed by atoms with E-state index in [0.29, 0.717) is 0 Å². The van der Waals surface area contributed by atoms with Gasteiger partial charge in [0.15, 0.2) is 0 Å². The van der Waals surface area contributed by atoms with Gasteiger partial charge in [0.05, 0.1) is 21.1 Å². The first-order valence-electron chi connectivity index (χ1n) is 6.36. The van der Waals surface area contributed by atoms with Crippen molar-refractivity contribution in [2.45, 2.75) is 19.0 Å². The van der Waals surface area contributed by atoms with Crippen LogP contribution >= 0.6 is 27.3 Å². The first kappa shape index (κ1) is 13.8. The molecule has 1 atom stereocenters. The summed E-state index contributed by atoms with van der Waals surface area (Å²) in [6.07, 6.45) is 2.78. The van der Waals surface area contributed by atoms with Gasteiger partial charge in [0, 0.05) is 23.9 Å². The van der Waals surface area contributed by atoms with E-state index >= 15 is 0 Å². The van der Waals surface area contributed by atoms with Gasteiger partial charge in [-0.15, -0.1) is 11.3 Å². The highest BCUT2D eigenvalue weighted by molar-refractivity contribution is 9.11. The van der Waals surface area contributed by atoms with E-state index in [1.807, 2.05) is 24.5 Å². The topological polar surface area (TPSA) is 55.9 Å². The molecule has 1 aromatic carbocycles. The number of benzene rings is 1. The van der Waals surface area contributed by atoms with Gasteiger partial charge in [-0.3, -0.25) is 11.3 Å². The zero-order chi connectivity index (χ0) is 13.9. The minimum atomic E-state index is 0.179. The van der Waals surface area contributed by atoms with E-state index in [1.54, 1.807) is 11.3 Å². The van der Waals surface area contributed by atoms with Crippen LogP contribution in [-0.4, -0.2) is 15.6 Å². The third-order valence-corrected chi connectivity index (χ3v) is 4.90. The number of rotatable bonds is 5. The minimum absolute atomic E-state index is 0.179. The van der Waals surface area contributed by atoms with Gasteiger partial charge in [-0.1, -0.05) is 12.1 Å². The Morgan fingerprint density at radius 2 is 2.15 bits per heavy atom. The molecule has 0 amide bonds. The van der Waals surface area contributed by atoms with Crippen LogP contribution in [0.2, 0.25) is 0 Å². The maximum Gasteiger partial charge on any atom is 0.0958 e. The molecule has 0 fully saturated rings. The first-order chi connectivity index (χ1) is 9.76. The van der Waals surface area contributed by atoms with Crippen molar-refractivity contribution in [2.75, 3.05) is 0 Å². The fraction of sp³-hybridized carbons (Fsp3) is 0.214. The normalized spacial score (nSPS) is 12.9. The molecule has 0 saturated heterocycles. The van der Waals surface area contributed by atoms with Gasteiger partial charge >= 0.3 is 0 Å². The lowest BCUT2D eigenvalue weighted by Crippen LogP contribution is -2.39. The van der Waals surface area contributed by atoms with Crippen LogP contribution < -0.4 is 11.3 Å². The summed E-state index contributed by atoms with van der Waals surface area (Å²) in [6, 6.07) is 12.5. The van der Waals surface area contributed by atoms with E-state index in [1.165, 1.54) is 4.88 Å². The molecule has 2 heterocycles. The summed E-state index contributed by atoms with van der Waals surface area (Å²) in [7, 11) is 0. The predicted octanol–water partition coefficient (Wildman–Crippen LogP) is 2.93. The Hall–Kier alpha value is -1.21. The summed E-state index contributed by atoms with van der Waals surface area (Å²) in [4.78, 5) is 5.72. The molecule has 0 radical (unpaired) electrons. The van der Waals surface area contributed by atoms with Crippen molar-refractivity contribution >= 4 is 38.3 Å². The Morgan fingerprint density at radius 3 is 2.90 bits per heavy atom. The summed E-state index contributed by atoms with van der Waals surface area (Å²) < 4.78 is 3.29. The lowest BCUT2D eigenvalue weighted by atomic mass is 10.2. The van der Waals surface area contributed by atoms with Crippen molar-refractivity contribution in [3.63, 3.8) is 0 Å². The summed E-state index contributed by atoms with van der Waals surface area (Å²) in [5, 5.41) is 0. The van der Waals surface area contributed by atoms with Crippen molar-refractivity contribution < 1.29 is 0 Å². The van der Waals surface area contributed by atoms with Crippen LogP contribution in [0.1, 0.15) is 4.88 Å².